The molecule has 0 saturated carbocycles. The van der Waals surface area contributed by atoms with Gasteiger partial charge in [-0.25, -0.2) is 4.98 Å². The number of hydrogen-bond donors (Lipinski definition) is 0. The van der Waals surface area contributed by atoms with E-state index in [1.54, 1.807) is 57.3 Å². The molecule has 0 aliphatic heterocycles. The summed E-state index contributed by atoms with van der Waals surface area (Å²) in [7, 11) is 0. The summed E-state index contributed by atoms with van der Waals surface area (Å²) in [5.41, 5.74) is 3.96. The maximum Gasteiger partial charge on any atom is 0.216 e. The summed E-state index contributed by atoms with van der Waals surface area (Å²) < 4.78 is 128. The normalized spacial score (nSPS) is 16.8. The van der Waals surface area contributed by atoms with Crippen LogP contribution in [0.15, 0.2) is 126 Å². The Balaban J connectivity index is 0.000000253. The van der Waals surface area contributed by atoms with Crippen LogP contribution in [0.2, 0.25) is 0 Å². The van der Waals surface area contributed by atoms with Gasteiger partial charge in [0, 0.05) is 64.1 Å². The van der Waals surface area contributed by atoms with Crippen molar-refractivity contribution in [1.82, 2.24) is 15.0 Å². The number of hydrogen-bond acceptors (Lipinski definition) is 4. The van der Waals surface area contributed by atoms with Crippen LogP contribution in [0, 0.1) is 43.5 Å². The molecule has 0 atom stereocenters. The predicted molar refractivity (Wildman–Crippen MR) is 237 cm³/mol. The van der Waals surface area contributed by atoms with Gasteiger partial charge in [-0.15, -0.1) is 53.6 Å². The Bertz CT molecular complexity index is 3240. The molecule has 0 saturated heterocycles. The second-order valence-electron chi connectivity index (χ2n) is 15.8. The van der Waals surface area contributed by atoms with E-state index in [0.29, 0.717) is 38.7 Å². The molecule has 297 valence electrons. The summed E-state index contributed by atoms with van der Waals surface area (Å²) >= 11 is 0. The number of nitrogens with zero attached hydrogens (tertiary/aromatic N) is 3. The van der Waals surface area contributed by atoms with Gasteiger partial charge in [0.25, 0.3) is 0 Å². The van der Waals surface area contributed by atoms with Crippen LogP contribution in [0.5, 0.6) is 0 Å². The summed E-state index contributed by atoms with van der Waals surface area (Å²) in [6.07, 6.45) is -2.59. The molecule has 4 heterocycles. The zero-order valence-corrected chi connectivity index (χ0v) is 35.5. The Hall–Kier alpha value is -5.22. The first kappa shape index (κ1) is 26.7. The van der Waals surface area contributed by atoms with Gasteiger partial charge in [0.05, 0.1) is 5.58 Å². The van der Waals surface area contributed by atoms with Gasteiger partial charge in [0.2, 0.25) is 5.71 Å². The molecule has 0 N–H and O–H groups in total. The summed E-state index contributed by atoms with van der Waals surface area (Å²) in [4.78, 5) is 12.9. The number of aromatic nitrogens is 3. The maximum atomic E-state index is 9.07. The molecule has 4 nitrogen and oxygen atoms in total. The van der Waals surface area contributed by atoms with Crippen LogP contribution in [0.3, 0.4) is 0 Å². The van der Waals surface area contributed by atoms with Crippen molar-refractivity contribution in [1.29, 1.82) is 0 Å². The van der Waals surface area contributed by atoms with Crippen LogP contribution in [0.1, 0.15) is 101 Å². The third-order valence-corrected chi connectivity index (χ3v) is 8.73. The topological polar surface area (TPSA) is 51.8 Å². The van der Waals surface area contributed by atoms with Gasteiger partial charge < -0.3 is 14.4 Å². The van der Waals surface area contributed by atoms with E-state index >= 15 is 0 Å². The van der Waals surface area contributed by atoms with Gasteiger partial charge in [0.15, 0.2) is 0 Å². The van der Waals surface area contributed by atoms with Crippen molar-refractivity contribution in [3.63, 3.8) is 0 Å². The number of benzene rings is 4. The average molecular weight is 955 g/mol. The molecule has 0 aliphatic rings. The van der Waals surface area contributed by atoms with Gasteiger partial charge in [-0.2, -0.15) is 0 Å². The quantitative estimate of drug-likeness (QED) is 0.149. The van der Waals surface area contributed by atoms with Crippen molar-refractivity contribution in [2.24, 2.45) is 10.8 Å². The summed E-state index contributed by atoms with van der Waals surface area (Å²) in [6, 6.07) is 35.9. The van der Waals surface area contributed by atoms with E-state index in [1.165, 1.54) is 42.5 Å². The van der Waals surface area contributed by atoms with E-state index in [1.807, 2.05) is 57.2 Å². The van der Waals surface area contributed by atoms with E-state index in [0.717, 1.165) is 22.9 Å². The number of fused-ring (bicyclic) bond motifs is 3. The first-order chi connectivity index (χ1) is 33.1. The van der Waals surface area contributed by atoms with Crippen molar-refractivity contribution >= 4 is 22.1 Å². The van der Waals surface area contributed by atoms with E-state index in [2.05, 4.69) is 27.1 Å². The SMILES string of the molecule is [2H]C([2H])([2H])c1c[c-]c(-c2cc(-c3ccc(C([2H])([2H])C(C)(C)C)cc3)ccn2)cc1.[2H]C([2H])([2H])c1ccc2c(n1)oc1c(-c3cc(C([2H])([2H])c4ccc(C([2H])([2H])C(C)(C)C)cc4)c(C([2H])([2H])[2H])cn3)[c-]ccc12.[Ir]. The largest absolute Gasteiger partial charge is 0.486 e. The summed E-state index contributed by atoms with van der Waals surface area (Å²) in [5, 5.41) is 1.19. The molecule has 0 fully saturated rings. The fourth-order valence-corrected chi connectivity index (χ4v) is 6.25. The third-order valence-electron chi connectivity index (χ3n) is 8.73. The zero-order chi connectivity index (χ0) is 53.2. The molecular weight excluding hydrogens is 887 g/mol. The van der Waals surface area contributed by atoms with Crippen molar-refractivity contribution in [2.45, 2.75) is 81.2 Å². The Morgan fingerprint density at radius 1 is 0.672 bits per heavy atom. The Morgan fingerprint density at radius 3 is 2.05 bits per heavy atom. The van der Waals surface area contributed by atoms with Gasteiger partial charge in [0.1, 0.15) is 0 Å². The van der Waals surface area contributed by atoms with Crippen molar-refractivity contribution < 1.29 is 45.1 Å². The molecule has 58 heavy (non-hydrogen) atoms. The van der Waals surface area contributed by atoms with Gasteiger partial charge >= 0.3 is 0 Å². The van der Waals surface area contributed by atoms with Crippen molar-refractivity contribution in [3.05, 3.63) is 173 Å². The summed E-state index contributed by atoms with van der Waals surface area (Å²) in [5.74, 6) is 0. The van der Waals surface area contributed by atoms with Crippen LogP contribution in [-0.4, -0.2) is 15.0 Å². The Kier molecular flexibility index (Phi) is 8.17. The predicted octanol–water partition coefficient (Wildman–Crippen LogP) is 13.7. The molecule has 0 aliphatic carbocycles. The van der Waals surface area contributed by atoms with E-state index < -0.39 is 50.5 Å². The summed E-state index contributed by atoms with van der Waals surface area (Å²) in [6.45, 7) is 3.77. The molecule has 0 spiro atoms. The van der Waals surface area contributed by atoms with E-state index in [-0.39, 0.29) is 59.5 Å². The minimum atomic E-state index is -2.68. The molecule has 0 bridgehead atoms. The molecule has 0 unspecified atom stereocenters. The molecule has 4 aromatic carbocycles. The molecule has 8 aromatic rings. The van der Waals surface area contributed by atoms with E-state index in [4.69, 9.17) is 25.0 Å². The minimum Gasteiger partial charge on any atom is -0.486 e. The maximum absolute atomic E-state index is 9.07. The zero-order valence-electron chi connectivity index (χ0n) is 48.1. The molecule has 0 amide bonds. The number of rotatable bonds is 7. The van der Waals surface area contributed by atoms with Gasteiger partial charge in [-0.3, -0.25) is 0 Å². The fraction of sp³-hybridized carbons (Fsp3) is 0.264. The van der Waals surface area contributed by atoms with Crippen LogP contribution in [-0.2, 0) is 39.2 Å². The van der Waals surface area contributed by atoms with Crippen LogP contribution in [0.4, 0.5) is 0 Å². The molecule has 1 radical (unpaired) electrons. The van der Waals surface area contributed by atoms with Crippen molar-refractivity contribution in [3.8, 4) is 33.6 Å². The van der Waals surface area contributed by atoms with Crippen LogP contribution < -0.4 is 0 Å². The molecule has 8 rings (SSSR count). The third kappa shape index (κ3) is 10.6. The number of furan rings is 1. The van der Waals surface area contributed by atoms with Crippen LogP contribution in [0.25, 0.3) is 55.7 Å². The van der Waals surface area contributed by atoms with Crippen molar-refractivity contribution in [2.75, 3.05) is 0 Å². The smallest absolute Gasteiger partial charge is 0.216 e. The van der Waals surface area contributed by atoms with Gasteiger partial charge in [-0.05, 0) is 112 Å². The first-order valence-corrected chi connectivity index (χ1v) is 18.6. The Labute approximate surface area is 379 Å². The van der Waals surface area contributed by atoms with Crippen LogP contribution >= 0.6 is 0 Å². The molecule has 5 heteroatoms. The average Bonchev–Trinajstić information content (AvgIpc) is 3.69. The Morgan fingerprint density at radius 2 is 1.40 bits per heavy atom. The first-order valence-electron chi connectivity index (χ1n) is 26.1. The standard InChI is InChI=1S/C30H29N2O.C23H24N.Ir/c1-19-18-31-27(16-23(19)15-21-10-12-22(13-11-21)17-30(3,4)5)26-8-6-7-24-25-14-9-20(2)32-29(25)33-28(24)26;1-17-5-9-20(10-6-17)22-15-21(13-14-24-22)19-11-7-18(8-12-19)16-23(2,3)4;/h6-7,9-14,16,18H,15,17H2,1-5H3;5-9,11-15H,16H2,1-4H3;/q2*-1;/i1D3,2D3,15D2,17D2;1D3,16D2;. The second kappa shape index (κ2) is 17.7. The molecular formula is C53H53IrN3O-2. The molecule has 4 aromatic heterocycles. The van der Waals surface area contributed by atoms with Gasteiger partial charge in [-0.1, -0.05) is 120 Å². The fourth-order valence-electron chi connectivity index (χ4n) is 6.25. The number of pyridine rings is 3. The number of aryl methyl sites for hydroxylation is 3. The second-order valence-corrected chi connectivity index (χ2v) is 15.8. The van der Waals surface area contributed by atoms with E-state index in [9.17, 15) is 0 Å². The monoisotopic (exact) mass is 955 g/mol. The minimum absolute atomic E-state index is 0.